The van der Waals surface area contributed by atoms with Crippen molar-refractivity contribution >= 4 is 12.4 Å². The van der Waals surface area contributed by atoms with E-state index < -0.39 is 12.0 Å². The summed E-state index contributed by atoms with van der Waals surface area (Å²) < 4.78 is 0. The minimum absolute atomic E-state index is 0.0707. The van der Waals surface area contributed by atoms with Crippen molar-refractivity contribution in [3.63, 3.8) is 0 Å². The summed E-state index contributed by atoms with van der Waals surface area (Å²) in [7, 11) is 0. The summed E-state index contributed by atoms with van der Waals surface area (Å²) in [5.41, 5.74) is 0. The molecule has 0 spiro atoms. The SMILES string of the molecule is CC(C)N(C=O)[C@@H](C)C(=O)O. The monoisotopic (exact) mass is 159 g/mol. The van der Waals surface area contributed by atoms with Crippen LogP contribution in [0, 0.1) is 0 Å². The van der Waals surface area contributed by atoms with E-state index >= 15 is 0 Å². The van der Waals surface area contributed by atoms with Gasteiger partial charge in [0.05, 0.1) is 0 Å². The first-order chi connectivity index (χ1) is 5.00. The van der Waals surface area contributed by atoms with Crippen LogP contribution < -0.4 is 0 Å². The van der Waals surface area contributed by atoms with Crippen molar-refractivity contribution in [2.45, 2.75) is 32.9 Å². The van der Waals surface area contributed by atoms with Crippen molar-refractivity contribution in [2.24, 2.45) is 0 Å². The first kappa shape index (κ1) is 9.94. The molecular weight excluding hydrogens is 146 g/mol. The van der Waals surface area contributed by atoms with E-state index in [1.807, 2.05) is 0 Å². The summed E-state index contributed by atoms with van der Waals surface area (Å²) in [5, 5.41) is 8.53. The van der Waals surface area contributed by atoms with Crippen LogP contribution in [0.3, 0.4) is 0 Å². The second-order valence-electron chi connectivity index (χ2n) is 2.66. The molecule has 1 amide bonds. The number of carbonyl (C=O) groups excluding carboxylic acids is 1. The molecule has 0 aliphatic heterocycles. The number of amides is 1. The maximum atomic E-state index is 10.4. The van der Waals surface area contributed by atoms with Crippen molar-refractivity contribution in [2.75, 3.05) is 0 Å². The minimum Gasteiger partial charge on any atom is -0.480 e. The van der Waals surface area contributed by atoms with Crippen LogP contribution >= 0.6 is 0 Å². The lowest BCUT2D eigenvalue weighted by Gasteiger charge is -2.25. The number of rotatable bonds is 4. The van der Waals surface area contributed by atoms with Crippen LogP contribution in [0.2, 0.25) is 0 Å². The standard InChI is InChI=1S/C7H13NO3/c1-5(2)8(4-9)6(3)7(10)11/h4-6H,1-3H3,(H,10,11)/t6-/m0/s1. The second-order valence-corrected chi connectivity index (χ2v) is 2.66. The number of carboxylic acids is 1. The fourth-order valence-corrected chi connectivity index (χ4v) is 0.788. The molecule has 0 saturated carbocycles. The van der Waals surface area contributed by atoms with Crippen LogP contribution in [0.1, 0.15) is 20.8 Å². The molecular formula is C7H13NO3. The molecule has 0 bridgehead atoms. The normalized spacial score (nSPS) is 12.7. The first-order valence-corrected chi connectivity index (χ1v) is 3.46. The molecule has 1 atom stereocenters. The molecule has 4 heteroatoms. The predicted molar refractivity (Wildman–Crippen MR) is 40.1 cm³/mol. The zero-order chi connectivity index (χ0) is 9.02. The highest BCUT2D eigenvalue weighted by Crippen LogP contribution is 2.01. The highest BCUT2D eigenvalue weighted by atomic mass is 16.4. The van der Waals surface area contributed by atoms with Gasteiger partial charge in [-0.1, -0.05) is 0 Å². The summed E-state index contributed by atoms with van der Waals surface area (Å²) in [6.07, 6.45) is 0.559. The molecule has 4 nitrogen and oxygen atoms in total. The average Bonchev–Trinajstić information content (AvgIpc) is 1.88. The van der Waals surface area contributed by atoms with Gasteiger partial charge in [-0.2, -0.15) is 0 Å². The van der Waals surface area contributed by atoms with Gasteiger partial charge in [0.2, 0.25) is 6.41 Å². The lowest BCUT2D eigenvalue weighted by molar-refractivity contribution is -0.146. The van der Waals surface area contributed by atoms with Crippen LogP contribution in [-0.4, -0.2) is 34.5 Å². The molecule has 0 aliphatic carbocycles. The van der Waals surface area contributed by atoms with Gasteiger partial charge in [0.1, 0.15) is 6.04 Å². The summed E-state index contributed by atoms with van der Waals surface area (Å²) in [6, 6.07) is -0.814. The largest absolute Gasteiger partial charge is 0.480 e. The van der Waals surface area contributed by atoms with E-state index in [0.717, 1.165) is 0 Å². The molecule has 0 rings (SSSR count). The van der Waals surface area contributed by atoms with Crippen molar-refractivity contribution in [3.05, 3.63) is 0 Å². The fraction of sp³-hybridized carbons (Fsp3) is 0.714. The van der Waals surface area contributed by atoms with E-state index in [4.69, 9.17) is 5.11 Å². The van der Waals surface area contributed by atoms with Crippen LogP contribution in [0.15, 0.2) is 0 Å². The van der Waals surface area contributed by atoms with Gasteiger partial charge in [-0.25, -0.2) is 4.79 Å². The molecule has 0 aliphatic rings. The van der Waals surface area contributed by atoms with Gasteiger partial charge in [-0.3, -0.25) is 4.79 Å². The molecule has 0 heterocycles. The third kappa shape index (κ3) is 2.57. The molecule has 1 N–H and O–H groups in total. The van der Waals surface area contributed by atoms with Crippen molar-refractivity contribution < 1.29 is 14.7 Å². The zero-order valence-corrected chi connectivity index (χ0v) is 6.94. The Morgan fingerprint density at radius 3 is 2.00 bits per heavy atom. The molecule has 64 valence electrons. The fourth-order valence-electron chi connectivity index (χ4n) is 0.788. The van der Waals surface area contributed by atoms with E-state index in [-0.39, 0.29) is 6.04 Å². The Hall–Kier alpha value is -1.06. The smallest absolute Gasteiger partial charge is 0.326 e. The maximum absolute atomic E-state index is 10.4. The van der Waals surface area contributed by atoms with Gasteiger partial charge in [-0.15, -0.1) is 0 Å². The van der Waals surface area contributed by atoms with Gasteiger partial charge in [-0.05, 0) is 20.8 Å². The van der Waals surface area contributed by atoms with Gasteiger partial charge in [0.15, 0.2) is 0 Å². The van der Waals surface area contributed by atoms with Crippen molar-refractivity contribution in [3.8, 4) is 0 Å². The zero-order valence-electron chi connectivity index (χ0n) is 6.94. The molecule has 0 saturated heterocycles. The number of hydrogen-bond acceptors (Lipinski definition) is 2. The highest BCUT2D eigenvalue weighted by molar-refractivity contribution is 5.75. The Kier molecular flexibility index (Phi) is 3.57. The van der Waals surface area contributed by atoms with E-state index in [9.17, 15) is 9.59 Å². The average molecular weight is 159 g/mol. The summed E-state index contributed by atoms with van der Waals surface area (Å²) >= 11 is 0. The molecule has 0 fully saturated rings. The lowest BCUT2D eigenvalue weighted by Crippen LogP contribution is -2.42. The van der Waals surface area contributed by atoms with Gasteiger partial charge in [0, 0.05) is 6.04 Å². The van der Waals surface area contributed by atoms with Crippen LogP contribution in [0.25, 0.3) is 0 Å². The van der Waals surface area contributed by atoms with Gasteiger partial charge >= 0.3 is 5.97 Å². The van der Waals surface area contributed by atoms with Crippen LogP contribution in [0.5, 0.6) is 0 Å². The van der Waals surface area contributed by atoms with Gasteiger partial charge < -0.3 is 10.0 Å². The number of carboxylic acid groups (broad SMARTS) is 1. The van der Waals surface area contributed by atoms with E-state index in [1.54, 1.807) is 13.8 Å². The molecule has 0 radical (unpaired) electrons. The van der Waals surface area contributed by atoms with E-state index in [1.165, 1.54) is 11.8 Å². The van der Waals surface area contributed by atoms with Crippen molar-refractivity contribution in [1.82, 2.24) is 4.90 Å². The third-order valence-electron chi connectivity index (χ3n) is 1.52. The number of aliphatic carboxylic acids is 1. The number of hydrogen-bond donors (Lipinski definition) is 1. The number of carbonyl (C=O) groups is 2. The van der Waals surface area contributed by atoms with E-state index in [0.29, 0.717) is 6.41 Å². The molecule has 0 unspecified atom stereocenters. The Morgan fingerprint density at radius 1 is 1.45 bits per heavy atom. The quantitative estimate of drug-likeness (QED) is 0.601. The molecule has 0 aromatic carbocycles. The first-order valence-electron chi connectivity index (χ1n) is 3.46. The third-order valence-corrected chi connectivity index (χ3v) is 1.52. The van der Waals surface area contributed by atoms with E-state index in [2.05, 4.69) is 0 Å². The molecule has 11 heavy (non-hydrogen) atoms. The highest BCUT2D eigenvalue weighted by Gasteiger charge is 2.20. The molecule has 0 aromatic heterocycles. The lowest BCUT2D eigenvalue weighted by atomic mass is 10.2. The summed E-state index contributed by atoms with van der Waals surface area (Å²) in [6.45, 7) is 5.03. The Morgan fingerprint density at radius 2 is 1.91 bits per heavy atom. The minimum atomic E-state index is -0.981. The van der Waals surface area contributed by atoms with Crippen molar-refractivity contribution in [1.29, 1.82) is 0 Å². The van der Waals surface area contributed by atoms with Crippen LogP contribution in [-0.2, 0) is 9.59 Å². The Balaban J connectivity index is 4.25. The van der Waals surface area contributed by atoms with Crippen LogP contribution in [0.4, 0.5) is 0 Å². The number of nitrogens with zero attached hydrogens (tertiary/aromatic N) is 1. The Labute approximate surface area is 65.8 Å². The van der Waals surface area contributed by atoms with Gasteiger partial charge in [0.25, 0.3) is 0 Å². The second kappa shape index (κ2) is 3.95. The summed E-state index contributed by atoms with van der Waals surface area (Å²) in [4.78, 5) is 22.0. The summed E-state index contributed by atoms with van der Waals surface area (Å²) in [5.74, 6) is -0.981. The maximum Gasteiger partial charge on any atom is 0.326 e. The predicted octanol–water partition coefficient (Wildman–Crippen LogP) is 0.326. The molecule has 0 aromatic rings. The Bertz CT molecular complexity index is 156. The topological polar surface area (TPSA) is 57.6 Å².